The van der Waals surface area contributed by atoms with Crippen molar-refractivity contribution in [3.63, 3.8) is 0 Å². The molecule has 0 aromatic carbocycles. The highest BCUT2D eigenvalue weighted by Gasteiger charge is 2.32. The van der Waals surface area contributed by atoms with Crippen LogP contribution in [-0.2, 0) is 9.47 Å². The molecule has 0 atom stereocenters. The van der Waals surface area contributed by atoms with Crippen molar-refractivity contribution in [2.45, 2.75) is 44.1 Å². The van der Waals surface area contributed by atoms with E-state index in [2.05, 4.69) is 15.9 Å². The molecule has 2 fully saturated rings. The van der Waals surface area contributed by atoms with Crippen molar-refractivity contribution in [1.82, 2.24) is 0 Å². The SMILES string of the molecule is BrCC1(OCCC2CCC2)CCOCC1. The predicted octanol–water partition coefficient (Wildman–Crippen LogP) is 3.14. The summed E-state index contributed by atoms with van der Waals surface area (Å²) < 4.78 is 11.5. The lowest BCUT2D eigenvalue weighted by molar-refractivity contribution is -0.0993. The van der Waals surface area contributed by atoms with Crippen LogP contribution in [-0.4, -0.2) is 30.8 Å². The number of hydrogen-bond acceptors (Lipinski definition) is 2. The van der Waals surface area contributed by atoms with E-state index in [1.165, 1.54) is 25.7 Å². The van der Waals surface area contributed by atoms with Crippen molar-refractivity contribution >= 4 is 15.9 Å². The summed E-state index contributed by atoms with van der Waals surface area (Å²) in [6, 6.07) is 0. The third-order valence-electron chi connectivity index (χ3n) is 3.81. The van der Waals surface area contributed by atoms with Gasteiger partial charge in [-0.25, -0.2) is 0 Å². The maximum Gasteiger partial charge on any atom is 0.0822 e. The van der Waals surface area contributed by atoms with E-state index in [0.29, 0.717) is 0 Å². The molecule has 0 radical (unpaired) electrons. The molecular weight excluding hydrogens is 256 g/mol. The lowest BCUT2D eigenvalue weighted by atomic mass is 9.83. The molecule has 0 aromatic rings. The Hall–Kier alpha value is 0.400. The Kier molecular flexibility index (Phi) is 4.47. The zero-order chi connectivity index (χ0) is 10.6. The van der Waals surface area contributed by atoms with E-state index in [9.17, 15) is 0 Å². The van der Waals surface area contributed by atoms with E-state index < -0.39 is 0 Å². The summed E-state index contributed by atoms with van der Waals surface area (Å²) in [6.45, 7) is 2.65. The number of alkyl halides is 1. The fraction of sp³-hybridized carbons (Fsp3) is 1.00. The summed E-state index contributed by atoms with van der Waals surface area (Å²) in [5.74, 6) is 0.956. The maximum absolute atomic E-state index is 6.10. The minimum Gasteiger partial charge on any atom is -0.381 e. The number of halogens is 1. The van der Waals surface area contributed by atoms with Crippen LogP contribution in [0, 0.1) is 5.92 Å². The van der Waals surface area contributed by atoms with Gasteiger partial charge < -0.3 is 9.47 Å². The van der Waals surface area contributed by atoms with Crippen LogP contribution in [0.15, 0.2) is 0 Å². The molecule has 0 unspecified atom stereocenters. The monoisotopic (exact) mass is 276 g/mol. The van der Waals surface area contributed by atoms with E-state index in [4.69, 9.17) is 9.47 Å². The molecule has 88 valence electrons. The van der Waals surface area contributed by atoms with Gasteiger partial charge in [-0.2, -0.15) is 0 Å². The molecule has 0 amide bonds. The molecule has 2 nitrogen and oxygen atoms in total. The van der Waals surface area contributed by atoms with E-state index in [0.717, 1.165) is 43.9 Å². The van der Waals surface area contributed by atoms with E-state index in [1.54, 1.807) is 0 Å². The maximum atomic E-state index is 6.10. The second kappa shape index (κ2) is 5.65. The van der Waals surface area contributed by atoms with Gasteiger partial charge in [-0.15, -0.1) is 0 Å². The number of hydrogen-bond donors (Lipinski definition) is 0. The van der Waals surface area contributed by atoms with Crippen LogP contribution < -0.4 is 0 Å². The van der Waals surface area contributed by atoms with Gasteiger partial charge in [0.25, 0.3) is 0 Å². The van der Waals surface area contributed by atoms with Crippen molar-refractivity contribution in [3.8, 4) is 0 Å². The highest BCUT2D eigenvalue weighted by atomic mass is 79.9. The van der Waals surface area contributed by atoms with E-state index in [-0.39, 0.29) is 5.60 Å². The van der Waals surface area contributed by atoms with Crippen molar-refractivity contribution in [1.29, 1.82) is 0 Å². The Morgan fingerprint density at radius 1 is 1.27 bits per heavy atom. The normalized spacial score (nSPS) is 26.2. The molecule has 1 heterocycles. The molecule has 0 aromatic heterocycles. The highest BCUT2D eigenvalue weighted by Crippen LogP contribution is 2.32. The first kappa shape index (κ1) is 11.9. The largest absolute Gasteiger partial charge is 0.381 e. The van der Waals surface area contributed by atoms with Crippen molar-refractivity contribution in [2.24, 2.45) is 5.92 Å². The molecule has 2 rings (SSSR count). The second-order valence-electron chi connectivity index (χ2n) is 4.86. The van der Waals surface area contributed by atoms with Gasteiger partial charge in [-0.1, -0.05) is 35.2 Å². The van der Waals surface area contributed by atoms with Crippen molar-refractivity contribution in [3.05, 3.63) is 0 Å². The molecule has 3 heteroatoms. The third kappa shape index (κ3) is 3.18. The minimum atomic E-state index is 0.0714. The quantitative estimate of drug-likeness (QED) is 0.719. The summed E-state index contributed by atoms with van der Waals surface area (Å²) >= 11 is 3.59. The van der Waals surface area contributed by atoms with Crippen LogP contribution in [0.5, 0.6) is 0 Å². The van der Waals surface area contributed by atoms with Gasteiger partial charge in [0, 0.05) is 38.0 Å². The van der Waals surface area contributed by atoms with Crippen LogP contribution in [0.4, 0.5) is 0 Å². The molecule has 1 saturated carbocycles. The molecule has 0 bridgehead atoms. The summed E-state index contributed by atoms with van der Waals surface area (Å²) in [5, 5.41) is 0.952. The molecular formula is C12H21BrO2. The smallest absolute Gasteiger partial charge is 0.0822 e. The lowest BCUT2D eigenvalue weighted by Crippen LogP contribution is -2.41. The number of ether oxygens (including phenoxy) is 2. The van der Waals surface area contributed by atoms with E-state index >= 15 is 0 Å². The molecule has 0 N–H and O–H groups in total. The Labute approximate surface area is 101 Å². The molecule has 15 heavy (non-hydrogen) atoms. The van der Waals surface area contributed by atoms with Gasteiger partial charge in [0.15, 0.2) is 0 Å². The standard InChI is InChI=1S/C12H21BrO2/c13-10-12(5-8-14-9-6-12)15-7-4-11-2-1-3-11/h11H,1-10H2. The molecule has 2 aliphatic rings. The van der Waals surface area contributed by atoms with Crippen molar-refractivity contribution in [2.75, 3.05) is 25.2 Å². The first-order chi connectivity index (χ1) is 7.35. The summed E-state index contributed by atoms with van der Waals surface area (Å²) in [6.07, 6.45) is 7.63. The zero-order valence-electron chi connectivity index (χ0n) is 9.34. The van der Waals surface area contributed by atoms with Gasteiger partial charge in [-0.3, -0.25) is 0 Å². The predicted molar refractivity (Wildman–Crippen MR) is 64.5 cm³/mol. The van der Waals surface area contributed by atoms with Crippen LogP contribution in [0.1, 0.15) is 38.5 Å². The van der Waals surface area contributed by atoms with E-state index in [1.807, 2.05) is 0 Å². The molecule has 0 spiro atoms. The van der Waals surface area contributed by atoms with Crippen LogP contribution in [0.2, 0.25) is 0 Å². The Morgan fingerprint density at radius 2 is 2.00 bits per heavy atom. The van der Waals surface area contributed by atoms with Crippen LogP contribution in [0.3, 0.4) is 0 Å². The average Bonchev–Trinajstić information content (AvgIpc) is 2.23. The Bertz CT molecular complexity index is 186. The first-order valence-electron chi connectivity index (χ1n) is 6.12. The summed E-state index contributed by atoms with van der Waals surface area (Å²) in [4.78, 5) is 0. The third-order valence-corrected chi connectivity index (χ3v) is 4.83. The van der Waals surface area contributed by atoms with Crippen molar-refractivity contribution < 1.29 is 9.47 Å². The van der Waals surface area contributed by atoms with Gasteiger partial charge in [0.1, 0.15) is 0 Å². The molecule has 1 saturated heterocycles. The van der Waals surface area contributed by atoms with Gasteiger partial charge in [0.2, 0.25) is 0 Å². The minimum absolute atomic E-state index is 0.0714. The lowest BCUT2D eigenvalue weighted by Gasteiger charge is -2.36. The fourth-order valence-corrected chi connectivity index (χ4v) is 3.01. The van der Waals surface area contributed by atoms with Crippen LogP contribution in [0.25, 0.3) is 0 Å². The fourth-order valence-electron chi connectivity index (χ4n) is 2.28. The average molecular weight is 277 g/mol. The first-order valence-corrected chi connectivity index (χ1v) is 7.24. The molecule has 1 aliphatic carbocycles. The topological polar surface area (TPSA) is 18.5 Å². The highest BCUT2D eigenvalue weighted by molar-refractivity contribution is 9.09. The van der Waals surface area contributed by atoms with Gasteiger partial charge >= 0.3 is 0 Å². The summed E-state index contributed by atoms with van der Waals surface area (Å²) in [7, 11) is 0. The molecule has 1 aliphatic heterocycles. The van der Waals surface area contributed by atoms with Crippen LogP contribution >= 0.6 is 15.9 Å². The number of rotatable bonds is 5. The van der Waals surface area contributed by atoms with Gasteiger partial charge in [-0.05, 0) is 12.3 Å². The Morgan fingerprint density at radius 3 is 2.53 bits per heavy atom. The summed E-state index contributed by atoms with van der Waals surface area (Å²) in [5.41, 5.74) is 0.0714. The Balaban J connectivity index is 1.69. The van der Waals surface area contributed by atoms with Gasteiger partial charge in [0.05, 0.1) is 5.60 Å². The zero-order valence-corrected chi connectivity index (χ0v) is 10.9. The second-order valence-corrected chi connectivity index (χ2v) is 5.42.